The summed E-state index contributed by atoms with van der Waals surface area (Å²) in [5.74, 6) is 0. The van der Waals surface area contributed by atoms with E-state index in [1.807, 2.05) is 47.0 Å². The summed E-state index contributed by atoms with van der Waals surface area (Å²) in [4.78, 5) is 13.9. The summed E-state index contributed by atoms with van der Waals surface area (Å²) in [7, 11) is 0. The van der Waals surface area contributed by atoms with Crippen molar-refractivity contribution in [1.82, 2.24) is 9.55 Å². The Morgan fingerprint density at radius 1 is 0.962 bits per heavy atom. The molecule has 1 aromatic heterocycles. The minimum Gasteiger partial charge on any atom is -0.331 e. The SMILES string of the molecule is O=[N+]([O-])c1cccc(-c2ccc3[nH]c(=S)n(Cc4ccccc4)c3c2)c1. The van der Waals surface area contributed by atoms with Gasteiger partial charge >= 0.3 is 0 Å². The molecule has 0 aliphatic heterocycles. The van der Waals surface area contributed by atoms with Crippen LogP contribution >= 0.6 is 12.2 Å². The van der Waals surface area contributed by atoms with E-state index >= 15 is 0 Å². The normalized spacial score (nSPS) is 10.9. The highest BCUT2D eigenvalue weighted by atomic mass is 32.1. The molecule has 0 unspecified atom stereocenters. The monoisotopic (exact) mass is 361 g/mol. The molecule has 0 fully saturated rings. The van der Waals surface area contributed by atoms with Crippen LogP contribution in [0.2, 0.25) is 0 Å². The molecule has 0 amide bonds. The zero-order chi connectivity index (χ0) is 18.1. The summed E-state index contributed by atoms with van der Waals surface area (Å²) in [5, 5.41) is 11.0. The Morgan fingerprint density at radius 2 is 1.73 bits per heavy atom. The Kier molecular flexibility index (Phi) is 4.10. The highest BCUT2D eigenvalue weighted by Gasteiger charge is 2.10. The Bertz CT molecular complexity index is 1160. The number of rotatable bonds is 4. The molecule has 1 N–H and O–H groups in total. The van der Waals surface area contributed by atoms with Crippen LogP contribution in [0.5, 0.6) is 0 Å². The fraction of sp³-hybridized carbons (Fsp3) is 0.0500. The second-order valence-electron chi connectivity index (χ2n) is 6.04. The molecule has 6 heteroatoms. The lowest BCUT2D eigenvalue weighted by Crippen LogP contribution is -1.99. The van der Waals surface area contributed by atoms with Crippen LogP contribution in [0.1, 0.15) is 5.56 Å². The number of non-ortho nitro benzene ring substituents is 1. The molecule has 0 bridgehead atoms. The van der Waals surface area contributed by atoms with Gasteiger partial charge < -0.3 is 9.55 Å². The van der Waals surface area contributed by atoms with E-state index in [1.165, 1.54) is 6.07 Å². The molecule has 26 heavy (non-hydrogen) atoms. The van der Waals surface area contributed by atoms with Crippen molar-refractivity contribution < 1.29 is 4.92 Å². The fourth-order valence-corrected chi connectivity index (χ4v) is 3.33. The number of imidazole rings is 1. The van der Waals surface area contributed by atoms with Gasteiger partial charge in [-0.2, -0.15) is 0 Å². The van der Waals surface area contributed by atoms with E-state index in [4.69, 9.17) is 12.2 Å². The number of H-pyrrole nitrogens is 1. The Balaban J connectivity index is 1.82. The van der Waals surface area contributed by atoms with Crippen molar-refractivity contribution in [1.29, 1.82) is 0 Å². The van der Waals surface area contributed by atoms with Crippen molar-refractivity contribution in [3.8, 4) is 11.1 Å². The third kappa shape index (κ3) is 3.02. The average Bonchev–Trinajstić information content (AvgIpc) is 2.97. The first kappa shape index (κ1) is 16.2. The van der Waals surface area contributed by atoms with E-state index < -0.39 is 0 Å². The average molecular weight is 361 g/mol. The molecule has 0 saturated carbocycles. The van der Waals surface area contributed by atoms with Gasteiger partial charge in [-0.3, -0.25) is 10.1 Å². The number of benzene rings is 3. The first-order valence-electron chi connectivity index (χ1n) is 8.13. The van der Waals surface area contributed by atoms with Crippen molar-refractivity contribution in [2.24, 2.45) is 0 Å². The second kappa shape index (κ2) is 6.57. The Hall–Kier alpha value is -3.25. The van der Waals surface area contributed by atoms with E-state index in [0.29, 0.717) is 11.3 Å². The maximum Gasteiger partial charge on any atom is 0.270 e. The molecule has 4 rings (SSSR count). The van der Waals surface area contributed by atoms with Crippen LogP contribution in [-0.2, 0) is 6.54 Å². The summed E-state index contributed by atoms with van der Waals surface area (Å²) in [6.45, 7) is 0.665. The molecule has 0 radical (unpaired) electrons. The van der Waals surface area contributed by atoms with E-state index in [1.54, 1.807) is 12.1 Å². The minimum absolute atomic E-state index is 0.0813. The zero-order valence-corrected chi connectivity index (χ0v) is 14.6. The van der Waals surface area contributed by atoms with Crippen LogP contribution in [0.15, 0.2) is 72.8 Å². The number of aromatic amines is 1. The molecule has 128 valence electrons. The van der Waals surface area contributed by atoms with Gasteiger partial charge in [-0.05, 0) is 41.0 Å². The number of aromatic nitrogens is 2. The lowest BCUT2D eigenvalue weighted by molar-refractivity contribution is -0.384. The predicted molar refractivity (Wildman–Crippen MR) is 105 cm³/mol. The molecule has 0 aliphatic rings. The number of nitrogens with one attached hydrogen (secondary N) is 1. The first-order valence-corrected chi connectivity index (χ1v) is 8.54. The summed E-state index contributed by atoms with van der Waals surface area (Å²) in [5.41, 5.74) is 4.88. The quantitative estimate of drug-likeness (QED) is 0.304. The van der Waals surface area contributed by atoms with Gasteiger partial charge in [-0.1, -0.05) is 48.5 Å². The summed E-state index contributed by atoms with van der Waals surface area (Å²) in [6.07, 6.45) is 0. The number of fused-ring (bicyclic) bond motifs is 1. The van der Waals surface area contributed by atoms with Gasteiger partial charge in [-0.15, -0.1) is 0 Å². The minimum atomic E-state index is -0.380. The summed E-state index contributed by atoms with van der Waals surface area (Å²) >= 11 is 5.49. The molecular formula is C20H15N3O2S. The largest absolute Gasteiger partial charge is 0.331 e. The molecular weight excluding hydrogens is 346 g/mol. The Labute approximate surface area is 154 Å². The second-order valence-corrected chi connectivity index (χ2v) is 6.43. The van der Waals surface area contributed by atoms with E-state index in [-0.39, 0.29) is 10.6 Å². The van der Waals surface area contributed by atoms with Gasteiger partial charge in [0.25, 0.3) is 5.69 Å². The molecule has 5 nitrogen and oxygen atoms in total. The van der Waals surface area contributed by atoms with Crippen LogP contribution in [0, 0.1) is 14.9 Å². The summed E-state index contributed by atoms with van der Waals surface area (Å²) in [6, 6.07) is 22.7. The van der Waals surface area contributed by atoms with E-state index in [2.05, 4.69) is 17.1 Å². The third-order valence-corrected chi connectivity index (χ3v) is 4.67. The van der Waals surface area contributed by atoms with Gasteiger partial charge in [0.05, 0.1) is 22.5 Å². The standard InChI is InChI=1S/C20H15N3O2S/c24-23(25)17-8-4-7-15(11-17)16-9-10-18-19(12-16)22(20(26)21-18)13-14-5-2-1-3-6-14/h1-12H,13H2,(H,21,26). The van der Waals surface area contributed by atoms with Crippen molar-refractivity contribution >= 4 is 28.9 Å². The highest BCUT2D eigenvalue weighted by Crippen LogP contribution is 2.27. The number of hydrogen-bond donors (Lipinski definition) is 1. The first-order chi connectivity index (χ1) is 12.6. The predicted octanol–water partition coefficient (Wildman–Crippen LogP) is 5.32. The summed E-state index contributed by atoms with van der Waals surface area (Å²) < 4.78 is 2.70. The molecule has 0 saturated heterocycles. The lowest BCUT2D eigenvalue weighted by Gasteiger charge is -2.07. The number of nitro benzene ring substituents is 1. The molecule has 0 aliphatic carbocycles. The van der Waals surface area contributed by atoms with Crippen molar-refractivity contribution in [2.45, 2.75) is 6.54 Å². The molecule has 0 spiro atoms. The van der Waals surface area contributed by atoms with Crippen LogP contribution in [-0.4, -0.2) is 14.5 Å². The third-order valence-electron chi connectivity index (χ3n) is 4.35. The van der Waals surface area contributed by atoms with E-state index in [9.17, 15) is 10.1 Å². The van der Waals surface area contributed by atoms with Gasteiger partial charge in [0.15, 0.2) is 4.77 Å². The number of nitrogens with zero attached hydrogens (tertiary/aromatic N) is 2. The van der Waals surface area contributed by atoms with Gasteiger partial charge in [0, 0.05) is 12.1 Å². The van der Waals surface area contributed by atoms with Crippen molar-refractivity contribution in [3.05, 3.63) is 93.2 Å². The molecule has 1 heterocycles. The van der Waals surface area contributed by atoms with Crippen molar-refractivity contribution in [2.75, 3.05) is 0 Å². The van der Waals surface area contributed by atoms with Crippen LogP contribution in [0.4, 0.5) is 5.69 Å². The van der Waals surface area contributed by atoms with Crippen molar-refractivity contribution in [3.63, 3.8) is 0 Å². The fourth-order valence-electron chi connectivity index (χ4n) is 3.05. The molecule has 0 atom stereocenters. The van der Waals surface area contributed by atoms with Crippen LogP contribution < -0.4 is 0 Å². The van der Waals surface area contributed by atoms with Gasteiger partial charge in [-0.25, -0.2) is 0 Å². The van der Waals surface area contributed by atoms with Crippen LogP contribution in [0.25, 0.3) is 22.2 Å². The topological polar surface area (TPSA) is 63.9 Å². The van der Waals surface area contributed by atoms with Gasteiger partial charge in [0.1, 0.15) is 0 Å². The molecule has 3 aromatic carbocycles. The zero-order valence-electron chi connectivity index (χ0n) is 13.8. The van der Waals surface area contributed by atoms with E-state index in [0.717, 1.165) is 27.7 Å². The number of nitro groups is 1. The Morgan fingerprint density at radius 3 is 2.50 bits per heavy atom. The smallest absolute Gasteiger partial charge is 0.270 e. The molecule has 4 aromatic rings. The number of hydrogen-bond acceptors (Lipinski definition) is 3. The lowest BCUT2D eigenvalue weighted by atomic mass is 10.0. The maximum absolute atomic E-state index is 11.0. The van der Waals surface area contributed by atoms with Crippen LogP contribution in [0.3, 0.4) is 0 Å². The van der Waals surface area contributed by atoms with Gasteiger partial charge in [0.2, 0.25) is 0 Å². The highest BCUT2D eigenvalue weighted by molar-refractivity contribution is 7.71. The maximum atomic E-state index is 11.0.